The zero-order valence-corrected chi connectivity index (χ0v) is 20.7. The highest BCUT2D eigenvalue weighted by Crippen LogP contribution is 2.36. The molecular weight excluding hydrogens is 448 g/mol. The van der Waals surface area contributed by atoms with Crippen molar-refractivity contribution in [2.75, 3.05) is 26.4 Å². The Morgan fingerprint density at radius 1 is 0.829 bits per heavy atom. The molecule has 2 fully saturated rings. The van der Waals surface area contributed by atoms with Crippen LogP contribution in [0.15, 0.2) is 30.3 Å². The number of fused-ring (bicyclic) bond motifs is 1. The quantitative estimate of drug-likeness (QED) is 0.326. The van der Waals surface area contributed by atoms with E-state index >= 15 is 0 Å². The topological polar surface area (TPSA) is 103 Å². The summed E-state index contributed by atoms with van der Waals surface area (Å²) in [6.07, 6.45) is 5.97. The fraction of sp³-hybridized carbons (Fsp3) is 0.704. The Bertz CT molecular complexity index is 795. The van der Waals surface area contributed by atoms with Gasteiger partial charge >= 0.3 is 0 Å². The maximum absolute atomic E-state index is 9.15. The molecule has 192 valence electrons. The van der Waals surface area contributed by atoms with Crippen LogP contribution in [-0.4, -0.2) is 57.1 Å². The predicted molar refractivity (Wildman–Crippen MR) is 128 cm³/mol. The highest BCUT2D eigenvalue weighted by molar-refractivity contribution is 5.16. The zero-order valence-electron chi connectivity index (χ0n) is 20.7. The molecule has 0 N–H and O–H groups in total. The maximum Gasteiger partial charge on any atom is 0.186 e. The van der Waals surface area contributed by atoms with Gasteiger partial charge in [-0.1, -0.05) is 82.2 Å². The summed E-state index contributed by atoms with van der Waals surface area (Å²) in [4.78, 5) is 0. The van der Waals surface area contributed by atoms with Crippen LogP contribution in [0.3, 0.4) is 0 Å². The number of nitriles is 2. The van der Waals surface area contributed by atoms with Gasteiger partial charge in [0.1, 0.15) is 37.6 Å². The number of rotatable bonds is 15. The summed E-state index contributed by atoms with van der Waals surface area (Å²) >= 11 is 0. The Labute approximate surface area is 209 Å². The van der Waals surface area contributed by atoms with E-state index < -0.39 is 37.0 Å². The summed E-state index contributed by atoms with van der Waals surface area (Å²) in [5.74, 6) is 0. The molecule has 0 aliphatic carbocycles. The summed E-state index contributed by atoms with van der Waals surface area (Å²) < 4.78 is 36.1. The number of benzene rings is 1. The molecule has 1 aromatic rings. The van der Waals surface area contributed by atoms with Gasteiger partial charge in [0.15, 0.2) is 12.6 Å². The molecule has 0 spiro atoms. The molecule has 0 bridgehead atoms. The molecule has 0 saturated carbocycles. The fourth-order valence-corrected chi connectivity index (χ4v) is 4.53. The monoisotopic (exact) mass is 486 g/mol. The van der Waals surface area contributed by atoms with Crippen LogP contribution in [0.25, 0.3) is 0 Å². The molecular formula is C27H38N2O6. The zero-order chi connectivity index (χ0) is 24.7. The second-order valence-corrected chi connectivity index (χ2v) is 8.93. The first-order valence-corrected chi connectivity index (χ1v) is 12.8. The molecule has 0 amide bonds. The van der Waals surface area contributed by atoms with Crippen molar-refractivity contribution in [3.05, 3.63) is 35.9 Å². The summed E-state index contributed by atoms with van der Waals surface area (Å²) in [7, 11) is 0. The molecule has 0 radical (unpaired) electrons. The van der Waals surface area contributed by atoms with Crippen LogP contribution in [0.2, 0.25) is 0 Å². The van der Waals surface area contributed by atoms with Crippen molar-refractivity contribution in [2.24, 2.45) is 0 Å². The molecule has 1 unspecified atom stereocenters. The number of nitrogens with zero attached hydrogens (tertiary/aromatic N) is 2. The molecule has 6 atom stereocenters. The van der Waals surface area contributed by atoms with E-state index in [4.69, 9.17) is 38.9 Å². The van der Waals surface area contributed by atoms with Gasteiger partial charge in [-0.15, -0.1) is 0 Å². The van der Waals surface area contributed by atoms with Crippen molar-refractivity contribution in [3.63, 3.8) is 0 Å². The SMILES string of the molecule is CCCCCCCCCCO[C@@H]1O[C@@H]2COC(c3ccccc3)O[C@H]2[C@H](OCC#N)[C@H]1OCC#N. The fourth-order valence-electron chi connectivity index (χ4n) is 4.53. The molecule has 0 aromatic heterocycles. The summed E-state index contributed by atoms with van der Waals surface area (Å²) in [5.41, 5.74) is 0.882. The minimum Gasteiger partial charge on any atom is -0.358 e. The van der Waals surface area contributed by atoms with Crippen LogP contribution in [0, 0.1) is 22.7 Å². The van der Waals surface area contributed by atoms with Crippen molar-refractivity contribution < 1.29 is 28.4 Å². The number of ether oxygens (including phenoxy) is 6. The molecule has 8 nitrogen and oxygen atoms in total. The van der Waals surface area contributed by atoms with Crippen molar-refractivity contribution in [1.29, 1.82) is 10.5 Å². The smallest absolute Gasteiger partial charge is 0.186 e. The van der Waals surface area contributed by atoms with Gasteiger partial charge in [0.25, 0.3) is 0 Å². The molecule has 2 aliphatic heterocycles. The van der Waals surface area contributed by atoms with E-state index in [9.17, 15) is 0 Å². The Balaban J connectivity index is 1.59. The standard InChI is InChI=1S/C27H38N2O6/c1-2-3-4-5-6-7-8-12-17-32-27-25(31-19-16-29)24(30-18-15-28)23-22(34-27)20-33-26(35-23)21-13-10-9-11-14-21/h9-11,13-14,22-27H,2-8,12,17-20H2,1H3/t22-,23-,24+,25-,26?,27-/m1/s1. The summed E-state index contributed by atoms with van der Waals surface area (Å²) in [6.45, 7) is 2.75. The molecule has 35 heavy (non-hydrogen) atoms. The minimum atomic E-state index is -0.738. The highest BCUT2D eigenvalue weighted by Gasteiger charge is 2.51. The molecule has 2 saturated heterocycles. The summed E-state index contributed by atoms with van der Waals surface area (Å²) in [6, 6.07) is 13.6. The molecule has 1 aromatic carbocycles. The molecule has 2 heterocycles. The normalized spacial score (nSPS) is 28.1. The average molecular weight is 487 g/mol. The predicted octanol–water partition coefficient (Wildman–Crippen LogP) is 4.80. The number of hydrogen-bond acceptors (Lipinski definition) is 8. The van der Waals surface area contributed by atoms with Crippen LogP contribution in [0.5, 0.6) is 0 Å². The highest BCUT2D eigenvalue weighted by atomic mass is 16.8. The third kappa shape index (κ3) is 8.54. The lowest BCUT2D eigenvalue weighted by Crippen LogP contribution is -2.63. The van der Waals surface area contributed by atoms with Crippen LogP contribution in [-0.2, 0) is 28.4 Å². The Kier molecular flexibility index (Phi) is 12.5. The Hall–Kier alpha value is -2.04. The van der Waals surface area contributed by atoms with E-state index in [2.05, 4.69) is 6.92 Å². The van der Waals surface area contributed by atoms with Gasteiger partial charge in [0, 0.05) is 12.2 Å². The van der Waals surface area contributed by atoms with Crippen LogP contribution in [0.1, 0.15) is 70.1 Å². The van der Waals surface area contributed by atoms with Gasteiger partial charge in [-0.3, -0.25) is 0 Å². The van der Waals surface area contributed by atoms with E-state index in [1.807, 2.05) is 42.5 Å². The van der Waals surface area contributed by atoms with Gasteiger partial charge in [-0.25, -0.2) is 0 Å². The van der Waals surface area contributed by atoms with Gasteiger partial charge in [-0.05, 0) is 6.42 Å². The first kappa shape index (κ1) is 27.5. The third-order valence-electron chi connectivity index (χ3n) is 6.32. The van der Waals surface area contributed by atoms with Gasteiger partial charge in [-0.2, -0.15) is 10.5 Å². The second-order valence-electron chi connectivity index (χ2n) is 8.93. The molecule has 2 aliphatic rings. The lowest BCUT2D eigenvalue weighted by atomic mass is 9.97. The van der Waals surface area contributed by atoms with Crippen LogP contribution >= 0.6 is 0 Å². The van der Waals surface area contributed by atoms with E-state index in [0.717, 1.165) is 18.4 Å². The first-order valence-electron chi connectivity index (χ1n) is 12.8. The molecule has 3 rings (SSSR count). The van der Waals surface area contributed by atoms with E-state index in [0.29, 0.717) is 13.2 Å². The maximum atomic E-state index is 9.15. The van der Waals surface area contributed by atoms with E-state index in [1.165, 1.54) is 38.5 Å². The van der Waals surface area contributed by atoms with Crippen molar-refractivity contribution in [2.45, 2.75) is 95.3 Å². The van der Waals surface area contributed by atoms with E-state index in [1.54, 1.807) is 0 Å². The number of unbranched alkanes of at least 4 members (excludes halogenated alkanes) is 7. The van der Waals surface area contributed by atoms with Gasteiger partial charge in [0.05, 0.1) is 18.7 Å². The second kappa shape index (κ2) is 15.9. The average Bonchev–Trinajstić information content (AvgIpc) is 2.90. The Morgan fingerprint density at radius 2 is 1.49 bits per heavy atom. The van der Waals surface area contributed by atoms with Crippen molar-refractivity contribution in [3.8, 4) is 12.1 Å². The summed E-state index contributed by atoms with van der Waals surface area (Å²) in [5, 5.41) is 18.3. The molecule has 8 heteroatoms. The van der Waals surface area contributed by atoms with E-state index in [-0.39, 0.29) is 13.2 Å². The Morgan fingerprint density at radius 3 is 2.17 bits per heavy atom. The van der Waals surface area contributed by atoms with Crippen LogP contribution < -0.4 is 0 Å². The third-order valence-corrected chi connectivity index (χ3v) is 6.32. The lowest BCUT2D eigenvalue weighted by molar-refractivity contribution is -0.368. The number of hydrogen-bond donors (Lipinski definition) is 0. The first-order chi connectivity index (χ1) is 17.3. The largest absolute Gasteiger partial charge is 0.358 e. The van der Waals surface area contributed by atoms with Crippen LogP contribution in [0.4, 0.5) is 0 Å². The minimum absolute atomic E-state index is 0.134. The van der Waals surface area contributed by atoms with Gasteiger partial charge in [0.2, 0.25) is 0 Å². The van der Waals surface area contributed by atoms with Crippen molar-refractivity contribution in [1.82, 2.24) is 0 Å². The lowest BCUT2D eigenvalue weighted by Gasteiger charge is -2.48. The van der Waals surface area contributed by atoms with Crippen molar-refractivity contribution >= 4 is 0 Å². The van der Waals surface area contributed by atoms with Gasteiger partial charge < -0.3 is 28.4 Å².